The lowest BCUT2D eigenvalue weighted by atomic mass is 9.98. The summed E-state index contributed by atoms with van der Waals surface area (Å²) in [5.41, 5.74) is 5.86. The number of nitrogens with zero attached hydrogens (tertiary/aromatic N) is 4. The van der Waals surface area contributed by atoms with Crippen molar-refractivity contribution < 1.29 is 3.97 Å². The van der Waals surface area contributed by atoms with Crippen LogP contribution in [0, 0.1) is 0 Å². The van der Waals surface area contributed by atoms with Gasteiger partial charge in [-0.15, -0.1) is 15.7 Å². The van der Waals surface area contributed by atoms with Crippen LogP contribution in [-0.2, 0) is 11.5 Å². The van der Waals surface area contributed by atoms with Crippen molar-refractivity contribution in [3.63, 3.8) is 0 Å². The highest BCUT2D eigenvalue weighted by Crippen LogP contribution is 2.32. The van der Waals surface area contributed by atoms with E-state index in [0.29, 0.717) is 0 Å². The van der Waals surface area contributed by atoms with Gasteiger partial charge >= 0.3 is 0 Å². The maximum atomic E-state index is 5.94. The Balaban J connectivity index is 1.53. The lowest BCUT2D eigenvalue weighted by Crippen LogP contribution is -2.43. The maximum absolute atomic E-state index is 5.94. The van der Waals surface area contributed by atoms with E-state index in [1.165, 1.54) is 16.8 Å². The fourth-order valence-corrected chi connectivity index (χ4v) is 6.07. The van der Waals surface area contributed by atoms with Crippen molar-refractivity contribution in [3.8, 4) is 0 Å². The first-order chi connectivity index (χ1) is 15.1. The number of thiocarbonyl (C=S) groups is 1. The fourth-order valence-electron chi connectivity index (χ4n) is 3.50. The van der Waals surface area contributed by atoms with Crippen molar-refractivity contribution in [1.82, 2.24) is 14.9 Å². The van der Waals surface area contributed by atoms with Crippen LogP contribution in [0.1, 0.15) is 24.0 Å². The van der Waals surface area contributed by atoms with Crippen molar-refractivity contribution in [2.75, 3.05) is 13.6 Å². The van der Waals surface area contributed by atoms with Gasteiger partial charge in [0.25, 0.3) is 0 Å². The van der Waals surface area contributed by atoms with E-state index in [4.69, 9.17) is 12.2 Å². The summed E-state index contributed by atoms with van der Waals surface area (Å²) >= 11 is 9.54. The number of rotatable bonds is 7. The predicted octanol–water partition coefficient (Wildman–Crippen LogP) is 4.81. The van der Waals surface area contributed by atoms with Crippen molar-refractivity contribution in [2.45, 2.75) is 23.8 Å². The van der Waals surface area contributed by atoms with E-state index < -0.39 is 0 Å². The highest BCUT2D eigenvalue weighted by molar-refractivity contribution is 8.01. The van der Waals surface area contributed by atoms with Crippen molar-refractivity contribution >= 4 is 46.4 Å². The van der Waals surface area contributed by atoms with Gasteiger partial charge in [0.05, 0.1) is 16.8 Å². The molecule has 4 nitrogen and oxygen atoms in total. The molecule has 1 atom stereocenters. The summed E-state index contributed by atoms with van der Waals surface area (Å²) in [6.07, 6.45) is 5.81. The van der Waals surface area contributed by atoms with E-state index in [-0.39, 0.29) is 5.37 Å². The molecule has 0 aromatic carbocycles. The Morgan fingerprint density at radius 2 is 1.68 bits per heavy atom. The van der Waals surface area contributed by atoms with Crippen LogP contribution in [0.2, 0.25) is 0 Å². The smallest absolute Gasteiger partial charge is 0.223 e. The number of aromatic nitrogens is 3. The van der Waals surface area contributed by atoms with Gasteiger partial charge < -0.3 is 0 Å². The highest BCUT2D eigenvalue weighted by atomic mass is 32.2. The molecule has 158 valence electrons. The zero-order chi connectivity index (χ0) is 21.6. The van der Waals surface area contributed by atoms with Gasteiger partial charge in [-0.1, -0.05) is 24.4 Å². The number of thioether (sulfide) groups is 1. The number of hydrogen-bond donors (Lipinski definition) is 0. The first-order valence-corrected chi connectivity index (χ1v) is 12.5. The molecule has 7 heteroatoms. The van der Waals surface area contributed by atoms with Crippen LogP contribution in [0.5, 0.6) is 0 Å². The SMILES string of the molecule is CC1=C(c2cccc[n+]2SCc2ccccn2)CN(C)C(SCc2ccccn2)C1=S. The van der Waals surface area contributed by atoms with Gasteiger partial charge in [-0.2, -0.15) is 0 Å². The van der Waals surface area contributed by atoms with Gasteiger partial charge in [0, 0.05) is 47.3 Å². The van der Waals surface area contributed by atoms with Gasteiger partial charge in [-0.3, -0.25) is 14.9 Å². The van der Waals surface area contributed by atoms with Gasteiger partial charge in [-0.05, 0) is 49.9 Å². The topological polar surface area (TPSA) is 32.9 Å². The molecule has 0 spiro atoms. The van der Waals surface area contributed by atoms with Crippen LogP contribution in [0.25, 0.3) is 5.57 Å². The summed E-state index contributed by atoms with van der Waals surface area (Å²) in [4.78, 5) is 12.2. The highest BCUT2D eigenvalue weighted by Gasteiger charge is 2.32. The van der Waals surface area contributed by atoms with E-state index in [0.717, 1.165) is 34.3 Å². The second-order valence-electron chi connectivity index (χ2n) is 7.37. The van der Waals surface area contributed by atoms with E-state index in [2.05, 4.69) is 69.3 Å². The molecular weight excluding hydrogens is 440 g/mol. The van der Waals surface area contributed by atoms with Crippen molar-refractivity contribution in [1.29, 1.82) is 0 Å². The number of likely N-dealkylation sites (N-methyl/N-ethyl adjacent to an activating group) is 1. The van der Waals surface area contributed by atoms with Gasteiger partial charge in [0.2, 0.25) is 5.69 Å². The molecule has 1 aliphatic heterocycles. The molecule has 0 amide bonds. The van der Waals surface area contributed by atoms with Crippen LogP contribution in [-0.4, -0.2) is 38.7 Å². The lowest BCUT2D eigenvalue weighted by Gasteiger charge is -2.34. The van der Waals surface area contributed by atoms with Gasteiger partial charge in [0.1, 0.15) is 5.75 Å². The molecule has 0 bridgehead atoms. The molecule has 31 heavy (non-hydrogen) atoms. The minimum Gasteiger partial charge on any atom is -0.286 e. The number of hydrogen-bond acceptors (Lipinski definition) is 6. The first kappa shape index (κ1) is 22.1. The van der Waals surface area contributed by atoms with E-state index in [9.17, 15) is 0 Å². The predicted molar refractivity (Wildman–Crippen MR) is 135 cm³/mol. The third kappa shape index (κ3) is 5.41. The van der Waals surface area contributed by atoms with E-state index >= 15 is 0 Å². The normalized spacial score (nSPS) is 17.2. The van der Waals surface area contributed by atoms with Crippen LogP contribution < -0.4 is 3.97 Å². The molecule has 0 saturated heterocycles. The van der Waals surface area contributed by atoms with Crippen LogP contribution in [0.4, 0.5) is 0 Å². The lowest BCUT2D eigenvalue weighted by molar-refractivity contribution is -0.497. The number of pyridine rings is 3. The molecule has 3 aromatic rings. The third-order valence-corrected chi connectivity index (χ3v) is 8.25. The zero-order valence-corrected chi connectivity index (χ0v) is 20.1. The van der Waals surface area contributed by atoms with Gasteiger partial charge in [0.15, 0.2) is 18.1 Å². The Kier molecular flexibility index (Phi) is 7.50. The Morgan fingerprint density at radius 3 is 2.35 bits per heavy atom. The van der Waals surface area contributed by atoms with E-state index in [1.807, 2.05) is 48.4 Å². The Bertz CT molecular complexity index is 1070. The monoisotopic (exact) mass is 465 g/mol. The molecule has 0 saturated carbocycles. The molecule has 0 aliphatic carbocycles. The van der Waals surface area contributed by atoms with E-state index in [1.54, 1.807) is 11.9 Å². The summed E-state index contributed by atoms with van der Waals surface area (Å²) < 4.78 is 2.24. The second kappa shape index (κ2) is 10.5. The average molecular weight is 466 g/mol. The molecular formula is C24H25N4S3+. The van der Waals surface area contributed by atoms with Crippen molar-refractivity contribution in [2.24, 2.45) is 0 Å². The Labute approximate surface area is 198 Å². The Morgan fingerprint density at radius 1 is 1.00 bits per heavy atom. The standard InChI is InChI=1S/C24H25N4S3/c1-18-21(15-27(2)24(23(18)29)30-16-19-9-3-6-12-25-19)22-11-5-8-14-28(22)31-17-20-10-4-7-13-26-20/h3-14,24H,15-17H2,1-2H3/q+1. The quantitative estimate of drug-likeness (QED) is 0.368. The largest absolute Gasteiger partial charge is 0.286 e. The van der Waals surface area contributed by atoms with Crippen LogP contribution in [0.3, 0.4) is 0 Å². The maximum Gasteiger partial charge on any atom is 0.223 e. The summed E-state index contributed by atoms with van der Waals surface area (Å²) in [6.45, 7) is 3.03. The minimum absolute atomic E-state index is 0.180. The van der Waals surface area contributed by atoms with Crippen molar-refractivity contribution in [3.05, 3.63) is 95.8 Å². The summed E-state index contributed by atoms with van der Waals surface area (Å²) in [5, 5.41) is 0.180. The summed E-state index contributed by atoms with van der Waals surface area (Å²) in [6, 6.07) is 18.4. The molecule has 0 radical (unpaired) electrons. The fraction of sp³-hybridized carbons (Fsp3) is 0.250. The van der Waals surface area contributed by atoms with Gasteiger partial charge in [-0.25, -0.2) is 0 Å². The summed E-state index contributed by atoms with van der Waals surface area (Å²) in [7, 11) is 2.16. The molecule has 3 aromatic heterocycles. The van der Waals surface area contributed by atoms with Crippen LogP contribution in [0.15, 0.2) is 78.8 Å². The molecule has 0 N–H and O–H groups in total. The third-order valence-electron chi connectivity index (χ3n) is 5.18. The van der Waals surface area contributed by atoms with Crippen LogP contribution >= 0.6 is 35.9 Å². The summed E-state index contributed by atoms with van der Waals surface area (Å²) in [5.74, 6) is 1.67. The molecule has 4 rings (SSSR count). The minimum atomic E-state index is 0.180. The Hall–Kier alpha value is -2.06. The molecule has 4 heterocycles. The zero-order valence-electron chi connectivity index (χ0n) is 17.6. The second-order valence-corrected chi connectivity index (χ2v) is 9.82. The first-order valence-electron chi connectivity index (χ1n) is 10.1. The molecule has 1 unspecified atom stereocenters. The molecule has 0 fully saturated rings. The molecule has 1 aliphatic rings. The average Bonchev–Trinajstić information content (AvgIpc) is 2.81.